The molecule has 0 unspecified atom stereocenters. The van der Waals surface area contributed by atoms with Crippen LogP contribution in [0.3, 0.4) is 0 Å². The van der Waals surface area contributed by atoms with Gasteiger partial charge in [-0.15, -0.1) is 0 Å². The highest BCUT2D eigenvalue weighted by atomic mass is 16.5. The van der Waals surface area contributed by atoms with Crippen LogP contribution in [0.15, 0.2) is 60.7 Å². The topological polar surface area (TPSA) is 87.7 Å². The number of amides is 3. The zero-order valence-corrected chi connectivity index (χ0v) is 17.9. The van der Waals surface area contributed by atoms with Crippen molar-refractivity contribution >= 4 is 45.7 Å². The number of nitrogens with zero attached hydrogens (tertiary/aromatic N) is 1. The van der Waals surface area contributed by atoms with E-state index in [0.29, 0.717) is 30.2 Å². The maximum absolute atomic E-state index is 12.9. The molecule has 7 nitrogen and oxygen atoms in total. The van der Waals surface area contributed by atoms with E-state index < -0.39 is 6.09 Å². The molecule has 0 atom stereocenters. The minimum Gasteiger partial charge on any atom is -0.450 e. The third-order valence-corrected chi connectivity index (χ3v) is 5.34. The quantitative estimate of drug-likeness (QED) is 0.430. The van der Waals surface area contributed by atoms with Crippen LogP contribution in [0.2, 0.25) is 0 Å². The Hall–Kier alpha value is -3.87. The second-order valence-electron chi connectivity index (χ2n) is 7.64. The number of hydrogen-bond acceptors (Lipinski definition) is 4. The van der Waals surface area contributed by atoms with Crippen molar-refractivity contribution in [2.24, 2.45) is 0 Å². The Balaban J connectivity index is 1.58. The van der Waals surface area contributed by atoms with Gasteiger partial charge in [0.25, 0.3) is 0 Å². The maximum Gasteiger partial charge on any atom is 0.407 e. The van der Waals surface area contributed by atoms with Crippen molar-refractivity contribution in [1.82, 2.24) is 5.32 Å². The molecule has 3 aromatic carbocycles. The summed E-state index contributed by atoms with van der Waals surface area (Å²) in [5.74, 6) is -0.639. The summed E-state index contributed by atoms with van der Waals surface area (Å²) in [4.78, 5) is 38.6. The molecule has 4 rings (SSSR count). The molecule has 0 radical (unpaired) electrons. The minimum absolute atomic E-state index is 0.240. The molecule has 7 heteroatoms. The van der Waals surface area contributed by atoms with Crippen molar-refractivity contribution in [3.05, 3.63) is 66.2 Å². The number of rotatable bonds is 6. The Labute approximate surface area is 186 Å². The second-order valence-corrected chi connectivity index (χ2v) is 7.64. The van der Waals surface area contributed by atoms with Gasteiger partial charge in [0, 0.05) is 17.6 Å². The molecular formula is C25H25N3O4. The van der Waals surface area contributed by atoms with Gasteiger partial charge in [0.2, 0.25) is 11.8 Å². The van der Waals surface area contributed by atoms with Crippen LogP contribution in [-0.2, 0) is 20.9 Å². The van der Waals surface area contributed by atoms with Gasteiger partial charge in [-0.1, -0.05) is 55.8 Å². The molecule has 32 heavy (non-hydrogen) atoms. The molecule has 0 spiro atoms. The summed E-state index contributed by atoms with van der Waals surface area (Å²) in [7, 11) is 0. The lowest BCUT2D eigenvalue weighted by atomic mass is 10.1. The van der Waals surface area contributed by atoms with E-state index >= 15 is 0 Å². The molecule has 0 aliphatic carbocycles. The SMILES string of the molecule is CCCCOC(=O)NCc1ccc(N2C(=O)CC(=O)Nc3c2ccc2ccccc32)cc1. The predicted molar refractivity (Wildman–Crippen MR) is 124 cm³/mol. The summed E-state index contributed by atoms with van der Waals surface area (Å²) in [5, 5.41) is 7.47. The van der Waals surface area contributed by atoms with Crippen LogP contribution in [0.5, 0.6) is 0 Å². The van der Waals surface area contributed by atoms with Crippen molar-refractivity contribution in [1.29, 1.82) is 0 Å². The van der Waals surface area contributed by atoms with Crippen LogP contribution in [0, 0.1) is 0 Å². The second kappa shape index (κ2) is 9.51. The van der Waals surface area contributed by atoms with Gasteiger partial charge in [-0.2, -0.15) is 0 Å². The average Bonchev–Trinajstić information content (AvgIpc) is 2.93. The first kappa shape index (κ1) is 21.4. The fourth-order valence-electron chi connectivity index (χ4n) is 3.69. The average molecular weight is 431 g/mol. The highest BCUT2D eigenvalue weighted by Crippen LogP contribution is 2.39. The van der Waals surface area contributed by atoms with Gasteiger partial charge in [0.05, 0.1) is 18.0 Å². The van der Waals surface area contributed by atoms with Crippen molar-refractivity contribution in [3.8, 4) is 0 Å². The normalized spacial score (nSPS) is 13.3. The lowest BCUT2D eigenvalue weighted by Gasteiger charge is -2.23. The first-order valence-electron chi connectivity index (χ1n) is 10.7. The molecule has 0 saturated carbocycles. The Morgan fingerprint density at radius 3 is 2.62 bits per heavy atom. The molecule has 0 aromatic heterocycles. The zero-order valence-electron chi connectivity index (χ0n) is 17.9. The van der Waals surface area contributed by atoms with Gasteiger partial charge >= 0.3 is 6.09 Å². The summed E-state index contributed by atoms with van der Waals surface area (Å²) in [5.41, 5.74) is 2.78. The number of anilines is 3. The van der Waals surface area contributed by atoms with Gasteiger partial charge in [0.1, 0.15) is 6.42 Å². The predicted octanol–water partition coefficient (Wildman–Crippen LogP) is 4.87. The Morgan fingerprint density at radius 2 is 1.84 bits per heavy atom. The lowest BCUT2D eigenvalue weighted by molar-refractivity contribution is -0.124. The van der Waals surface area contributed by atoms with E-state index in [9.17, 15) is 14.4 Å². The Bertz CT molecular complexity index is 1160. The van der Waals surface area contributed by atoms with E-state index in [1.165, 1.54) is 0 Å². The third-order valence-electron chi connectivity index (χ3n) is 5.34. The van der Waals surface area contributed by atoms with Gasteiger partial charge in [-0.25, -0.2) is 4.79 Å². The first-order valence-corrected chi connectivity index (χ1v) is 10.7. The van der Waals surface area contributed by atoms with Gasteiger partial charge in [-0.3, -0.25) is 14.5 Å². The molecule has 1 aliphatic heterocycles. The molecule has 2 N–H and O–H groups in total. The number of benzene rings is 3. The largest absolute Gasteiger partial charge is 0.450 e. The lowest BCUT2D eigenvalue weighted by Crippen LogP contribution is -2.26. The number of ether oxygens (including phenoxy) is 1. The van der Waals surface area contributed by atoms with Crippen LogP contribution in [0.4, 0.5) is 21.9 Å². The van der Waals surface area contributed by atoms with E-state index in [4.69, 9.17) is 4.74 Å². The first-order chi connectivity index (χ1) is 15.6. The smallest absolute Gasteiger partial charge is 0.407 e. The summed E-state index contributed by atoms with van der Waals surface area (Å²) < 4.78 is 5.09. The van der Waals surface area contributed by atoms with Gasteiger partial charge < -0.3 is 15.4 Å². The summed E-state index contributed by atoms with van der Waals surface area (Å²) in [6.45, 7) is 2.75. The number of alkyl carbamates (subject to hydrolysis) is 1. The molecule has 0 bridgehead atoms. The Morgan fingerprint density at radius 1 is 1.06 bits per heavy atom. The summed E-state index contributed by atoms with van der Waals surface area (Å²) in [6.07, 6.45) is 1.11. The molecule has 1 aliphatic rings. The van der Waals surface area contributed by atoms with Gasteiger partial charge in [0.15, 0.2) is 0 Å². The van der Waals surface area contributed by atoms with Crippen molar-refractivity contribution in [2.45, 2.75) is 32.7 Å². The van der Waals surface area contributed by atoms with Crippen LogP contribution in [-0.4, -0.2) is 24.5 Å². The van der Waals surface area contributed by atoms with Crippen LogP contribution in [0.1, 0.15) is 31.7 Å². The minimum atomic E-state index is -0.449. The molecular weight excluding hydrogens is 406 g/mol. The van der Waals surface area contributed by atoms with E-state index in [0.717, 1.165) is 29.2 Å². The summed E-state index contributed by atoms with van der Waals surface area (Å²) in [6, 6.07) is 18.8. The van der Waals surface area contributed by atoms with Crippen LogP contribution in [0.25, 0.3) is 10.8 Å². The molecule has 0 saturated heterocycles. The van der Waals surface area contributed by atoms with E-state index in [1.54, 1.807) is 4.90 Å². The molecule has 3 aromatic rings. The third kappa shape index (κ3) is 4.56. The standard InChI is InChI=1S/C25H25N3O4/c1-2-3-14-32-25(31)26-16-17-8-11-19(12-9-17)28-21-13-10-18-6-4-5-7-20(18)24(21)27-22(29)15-23(28)30/h4-13H,2-3,14-16H2,1H3,(H,26,31)(H,27,29). The van der Waals surface area contributed by atoms with Gasteiger partial charge in [-0.05, 0) is 35.6 Å². The van der Waals surface area contributed by atoms with Crippen molar-refractivity contribution in [2.75, 3.05) is 16.8 Å². The van der Waals surface area contributed by atoms with Crippen molar-refractivity contribution in [3.63, 3.8) is 0 Å². The number of carbonyl (C=O) groups is 3. The molecule has 3 amide bonds. The van der Waals surface area contributed by atoms with Crippen LogP contribution < -0.4 is 15.5 Å². The molecule has 1 heterocycles. The van der Waals surface area contributed by atoms with Crippen molar-refractivity contribution < 1.29 is 19.1 Å². The number of unbranched alkanes of at least 4 members (excludes halogenated alkanes) is 1. The summed E-state index contributed by atoms with van der Waals surface area (Å²) >= 11 is 0. The highest BCUT2D eigenvalue weighted by molar-refractivity contribution is 6.21. The number of fused-ring (bicyclic) bond motifs is 3. The van der Waals surface area contributed by atoms with E-state index in [-0.39, 0.29) is 18.2 Å². The number of nitrogens with one attached hydrogen (secondary N) is 2. The Kier molecular flexibility index (Phi) is 6.35. The number of hydrogen-bond donors (Lipinski definition) is 2. The monoisotopic (exact) mass is 431 g/mol. The van der Waals surface area contributed by atoms with Crippen LogP contribution >= 0.6 is 0 Å². The zero-order chi connectivity index (χ0) is 22.5. The number of carbonyl (C=O) groups excluding carboxylic acids is 3. The van der Waals surface area contributed by atoms with E-state index in [1.807, 2.05) is 67.6 Å². The maximum atomic E-state index is 12.9. The molecule has 0 fully saturated rings. The fourth-order valence-corrected chi connectivity index (χ4v) is 3.69. The highest BCUT2D eigenvalue weighted by Gasteiger charge is 2.28. The molecule has 164 valence electrons. The van der Waals surface area contributed by atoms with E-state index in [2.05, 4.69) is 10.6 Å². The fraction of sp³-hybridized carbons (Fsp3) is 0.240.